The number of nitrogens with zero attached hydrogens (tertiary/aromatic N) is 2. The van der Waals surface area contributed by atoms with Gasteiger partial charge < -0.3 is 15.7 Å². The molecule has 1 saturated heterocycles. The number of rotatable bonds is 7. The molecule has 2 aliphatic carbocycles. The Bertz CT molecular complexity index is 877. The van der Waals surface area contributed by atoms with Gasteiger partial charge in [0.2, 0.25) is 11.8 Å². The van der Waals surface area contributed by atoms with Crippen molar-refractivity contribution in [2.75, 3.05) is 20.1 Å². The third-order valence-electron chi connectivity index (χ3n) is 6.38. The molecule has 7 nitrogen and oxygen atoms in total. The van der Waals surface area contributed by atoms with Crippen molar-refractivity contribution in [1.82, 2.24) is 15.5 Å². The van der Waals surface area contributed by atoms with E-state index in [0.717, 1.165) is 12.0 Å². The fraction of sp³-hybridized carbons (Fsp3) is 0.500. The molecule has 4 rings (SSSR count). The Morgan fingerprint density at radius 1 is 1.19 bits per heavy atom. The van der Waals surface area contributed by atoms with Gasteiger partial charge in [-0.2, -0.15) is 0 Å². The normalized spacial score (nSPS) is 26.3. The molecule has 1 heterocycles. The number of likely N-dealkylation sites (tertiary alicyclic amines) is 1. The van der Waals surface area contributed by atoms with Crippen molar-refractivity contribution in [3.05, 3.63) is 47.3 Å². The standard InChI is InChI=1S/C22H27FN4O3.HI/c1-24-22(26-11-13-3-6-17(23)16(9-13)12-28)25-7-2-8-27-20(29)18-14-4-5-15(10-14)19(18)21(27)30;/h3-6,9,14-15,18-19,28H,2,7-8,10-12H2,1H3,(H2,24,25,26);1H. The molecule has 0 spiro atoms. The van der Waals surface area contributed by atoms with Gasteiger partial charge in [0.25, 0.3) is 0 Å². The van der Waals surface area contributed by atoms with Crippen LogP contribution in [0.4, 0.5) is 4.39 Å². The highest BCUT2D eigenvalue weighted by Crippen LogP contribution is 2.52. The molecule has 0 radical (unpaired) electrons. The molecule has 2 bridgehead atoms. The number of benzene rings is 1. The van der Waals surface area contributed by atoms with E-state index in [4.69, 9.17) is 5.11 Å². The maximum absolute atomic E-state index is 13.5. The third kappa shape index (κ3) is 4.62. The van der Waals surface area contributed by atoms with Crippen LogP contribution in [0.15, 0.2) is 35.3 Å². The molecule has 168 valence electrons. The first kappa shape index (κ1) is 23.6. The van der Waals surface area contributed by atoms with Crippen molar-refractivity contribution >= 4 is 41.8 Å². The van der Waals surface area contributed by atoms with Crippen molar-refractivity contribution < 1.29 is 19.1 Å². The summed E-state index contributed by atoms with van der Waals surface area (Å²) in [5.74, 6) is 0.302. The lowest BCUT2D eigenvalue weighted by Gasteiger charge is -2.18. The average molecular weight is 542 g/mol. The van der Waals surface area contributed by atoms with Crippen LogP contribution in [0.2, 0.25) is 0 Å². The number of nitrogens with one attached hydrogen (secondary N) is 2. The molecular formula is C22H28FIN4O3. The molecule has 1 saturated carbocycles. The van der Waals surface area contributed by atoms with Gasteiger partial charge in [-0.1, -0.05) is 18.2 Å². The quantitative estimate of drug-likeness (QED) is 0.122. The minimum Gasteiger partial charge on any atom is -0.392 e. The van der Waals surface area contributed by atoms with E-state index in [1.54, 1.807) is 19.2 Å². The number of guanidine groups is 1. The Morgan fingerprint density at radius 2 is 1.87 bits per heavy atom. The molecule has 0 aromatic heterocycles. The fourth-order valence-corrected chi connectivity index (χ4v) is 4.89. The van der Waals surface area contributed by atoms with Crippen LogP contribution in [-0.2, 0) is 22.7 Å². The molecule has 31 heavy (non-hydrogen) atoms. The van der Waals surface area contributed by atoms with Gasteiger partial charge in [0.15, 0.2) is 5.96 Å². The van der Waals surface area contributed by atoms with Crippen molar-refractivity contribution in [3.8, 4) is 0 Å². The maximum atomic E-state index is 13.5. The van der Waals surface area contributed by atoms with E-state index in [1.807, 2.05) is 0 Å². The Balaban J connectivity index is 0.00000272. The van der Waals surface area contributed by atoms with E-state index in [2.05, 4.69) is 27.8 Å². The predicted molar refractivity (Wildman–Crippen MR) is 125 cm³/mol. The SMILES string of the molecule is CN=C(NCCCN1C(=O)C2C3C=CC(C3)C2C1=O)NCc1ccc(F)c(CO)c1.I. The van der Waals surface area contributed by atoms with Crippen LogP contribution < -0.4 is 10.6 Å². The maximum Gasteiger partial charge on any atom is 0.233 e. The zero-order chi connectivity index (χ0) is 21.3. The number of imide groups is 1. The highest BCUT2D eigenvalue weighted by atomic mass is 127. The Hall–Kier alpha value is -2.01. The van der Waals surface area contributed by atoms with Crippen molar-refractivity contribution in [2.24, 2.45) is 28.7 Å². The van der Waals surface area contributed by atoms with Crippen LogP contribution in [-0.4, -0.2) is 47.9 Å². The van der Waals surface area contributed by atoms with E-state index >= 15 is 0 Å². The van der Waals surface area contributed by atoms with E-state index in [-0.39, 0.29) is 71.6 Å². The number of aliphatic hydroxyl groups excluding tert-OH is 1. The molecule has 9 heteroatoms. The smallest absolute Gasteiger partial charge is 0.233 e. The number of carbonyl (C=O) groups is 2. The topological polar surface area (TPSA) is 94.0 Å². The Labute approximate surface area is 198 Å². The zero-order valence-electron chi connectivity index (χ0n) is 17.4. The summed E-state index contributed by atoms with van der Waals surface area (Å²) in [5.41, 5.74) is 1.08. The van der Waals surface area contributed by atoms with Crippen molar-refractivity contribution in [1.29, 1.82) is 0 Å². The third-order valence-corrected chi connectivity index (χ3v) is 6.38. The van der Waals surface area contributed by atoms with Gasteiger partial charge in [-0.25, -0.2) is 4.39 Å². The highest BCUT2D eigenvalue weighted by Gasteiger charge is 2.58. The largest absolute Gasteiger partial charge is 0.392 e. The van der Waals surface area contributed by atoms with Crippen LogP contribution in [0.1, 0.15) is 24.0 Å². The van der Waals surface area contributed by atoms with Gasteiger partial charge in [-0.15, -0.1) is 24.0 Å². The van der Waals surface area contributed by atoms with Crippen LogP contribution in [0.3, 0.4) is 0 Å². The molecule has 4 atom stereocenters. The second-order valence-electron chi connectivity index (χ2n) is 8.12. The first-order chi connectivity index (χ1) is 14.5. The summed E-state index contributed by atoms with van der Waals surface area (Å²) in [6, 6.07) is 4.59. The lowest BCUT2D eigenvalue weighted by atomic mass is 9.85. The number of aliphatic imine (C=N–C) groups is 1. The number of amides is 2. The monoisotopic (exact) mass is 542 g/mol. The van der Waals surface area contributed by atoms with Crippen molar-refractivity contribution in [3.63, 3.8) is 0 Å². The summed E-state index contributed by atoms with van der Waals surface area (Å²) in [6.45, 7) is 1.05. The summed E-state index contributed by atoms with van der Waals surface area (Å²) < 4.78 is 13.5. The lowest BCUT2D eigenvalue weighted by molar-refractivity contribution is -0.140. The Kier molecular flexibility index (Phi) is 7.68. The summed E-state index contributed by atoms with van der Waals surface area (Å²) in [7, 11) is 1.65. The van der Waals surface area contributed by atoms with E-state index in [9.17, 15) is 14.0 Å². The molecule has 3 N–H and O–H groups in total. The number of halogens is 2. The van der Waals surface area contributed by atoms with Gasteiger partial charge in [0.1, 0.15) is 5.82 Å². The molecule has 3 aliphatic rings. The molecule has 1 aromatic rings. The summed E-state index contributed by atoms with van der Waals surface area (Å²) in [6.07, 6.45) is 5.77. The van der Waals surface area contributed by atoms with Crippen molar-refractivity contribution in [2.45, 2.75) is 26.0 Å². The summed E-state index contributed by atoms with van der Waals surface area (Å²) in [4.78, 5) is 30.9. The molecule has 1 aromatic carbocycles. The number of hydrogen-bond donors (Lipinski definition) is 3. The van der Waals surface area contributed by atoms with Gasteiger partial charge in [-0.05, 0) is 42.4 Å². The zero-order valence-corrected chi connectivity index (χ0v) is 19.7. The number of fused-ring (bicyclic) bond motifs is 5. The number of carbonyl (C=O) groups excluding carboxylic acids is 2. The summed E-state index contributed by atoms with van der Waals surface area (Å²) in [5, 5.41) is 15.5. The number of aliphatic hydroxyl groups is 1. The molecule has 1 aliphatic heterocycles. The first-order valence-electron chi connectivity index (χ1n) is 10.4. The Morgan fingerprint density at radius 3 is 2.48 bits per heavy atom. The van der Waals surface area contributed by atoms with Crippen LogP contribution >= 0.6 is 24.0 Å². The fourth-order valence-electron chi connectivity index (χ4n) is 4.89. The molecule has 2 fully saturated rings. The molecular weight excluding hydrogens is 514 g/mol. The van der Waals surface area contributed by atoms with E-state index < -0.39 is 5.82 Å². The van der Waals surface area contributed by atoms with Crippen LogP contribution in [0.5, 0.6) is 0 Å². The second kappa shape index (κ2) is 10.1. The number of hydrogen-bond acceptors (Lipinski definition) is 4. The van der Waals surface area contributed by atoms with E-state index in [1.165, 1.54) is 11.0 Å². The average Bonchev–Trinajstić information content (AvgIpc) is 3.43. The summed E-state index contributed by atoms with van der Waals surface area (Å²) >= 11 is 0. The second-order valence-corrected chi connectivity index (χ2v) is 8.12. The van der Waals surface area contributed by atoms with Gasteiger partial charge in [-0.3, -0.25) is 19.5 Å². The predicted octanol–water partition coefficient (Wildman–Crippen LogP) is 1.80. The van der Waals surface area contributed by atoms with Gasteiger partial charge >= 0.3 is 0 Å². The molecule has 2 amide bonds. The van der Waals surface area contributed by atoms with Crippen LogP contribution in [0, 0.1) is 29.5 Å². The van der Waals surface area contributed by atoms with E-state index in [0.29, 0.717) is 32.0 Å². The first-order valence-corrected chi connectivity index (χ1v) is 10.4. The highest BCUT2D eigenvalue weighted by molar-refractivity contribution is 14.0. The lowest BCUT2D eigenvalue weighted by Crippen LogP contribution is -2.39. The van der Waals surface area contributed by atoms with Gasteiger partial charge in [0.05, 0.1) is 18.4 Å². The minimum atomic E-state index is -0.428. The molecule has 4 unspecified atom stereocenters. The number of allylic oxidation sites excluding steroid dienone is 2. The van der Waals surface area contributed by atoms with Crippen LogP contribution in [0.25, 0.3) is 0 Å². The van der Waals surface area contributed by atoms with Gasteiger partial charge in [0, 0.05) is 32.2 Å². The minimum absolute atomic E-state index is 0.